The molecule has 2 aromatic rings. The van der Waals surface area contributed by atoms with Gasteiger partial charge in [0.1, 0.15) is 0 Å². The second-order valence-electron chi connectivity index (χ2n) is 4.15. The summed E-state index contributed by atoms with van der Waals surface area (Å²) in [6.07, 6.45) is 1.56. The lowest BCUT2D eigenvalue weighted by Gasteiger charge is -2.04. The van der Waals surface area contributed by atoms with E-state index in [-0.39, 0.29) is 12.7 Å². The number of fused-ring (bicyclic) bond motifs is 1. The number of hydrogen-bond donors (Lipinski definition) is 1. The zero-order valence-corrected chi connectivity index (χ0v) is 10.3. The Kier molecular flexibility index (Phi) is 2.79. The van der Waals surface area contributed by atoms with Crippen LogP contribution < -0.4 is 14.8 Å². The van der Waals surface area contributed by atoms with Crippen molar-refractivity contribution in [2.24, 2.45) is 7.05 Å². The Morgan fingerprint density at radius 2 is 2.26 bits per heavy atom. The van der Waals surface area contributed by atoms with Crippen molar-refractivity contribution in [1.82, 2.24) is 20.3 Å². The number of nitrogens with zero attached hydrogens (tertiary/aromatic N) is 3. The number of carbonyl (C=O) groups excluding carboxylic acids is 1. The quantitative estimate of drug-likeness (QED) is 0.868. The molecule has 0 fully saturated rings. The lowest BCUT2D eigenvalue weighted by atomic mass is 10.2. The highest BCUT2D eigenvalue weighted by Gasteiger charge is 2.14. The Balaban J connectivity index is 1.64. The monoisotopic (exact) mass is 260 g/mol. The highest BCUT2D eigenvalue weighted by atomic mass is 16.7. The highest BCUT2D eigenvalue weighted by Crippen LogP contribution is 2.32. The van der Waals surface area contributed by atoms with E-state index in [1.165, 1.54) is 4.68 Å². The fraction of sp³-hybridized carbons (Fsp3) is 0.250. The molecule has 1 aromatic heterocycles. The van der Waals surface area contributed by atoms with Crippen LogP contribution >= 0.6 is 0 Å². The number of aryl methyl sites for hydroxylation is 1. The third-order valence-electron chi connectivity index (χ3n) is 2.73. The molecule has 1 N–H and O–H groups in total. The van der Waals surface area contributed by atoms with E-state index >= 15 is 0 Å². The number of hydrogen-bond acceptors (Lipinski definition) is 5. The molecule has 2 heterocycles. The first kappa shape index (κ1) is 11.5. The average molecular weight is 260 g/mol. The largest absolute Gasteiger partial charge is 0.454 e. The average Bonchev–Trinajstić information content (AvgIpc) is 3.03. The first-order valence-electron chi connectivity index (χ1n) is 5.75. The Labute approximate surface area is 109 Å². The molecule has 0 saturated heterocycles. The Morgan fingerprint density at radius 1 is 1.42 bits per heavy atom. The van der Waals surface area contributed by atoms with Gasteiger partial charge in [0.25, 0.3) is 5.91 Å². The van der Waals surface area contributed by atoms with Gasteiger partial charge in [-0.15, -0.1) is 5.10 Å². The molecule has 0 spiro atoms. The summed E-state index contributed by atoms with van der Waals surface area (Å²) in [5, 5.41) is 10.2. The first-order valence-corrected chi connectivity index (χ1v) is 5.75. The SMILES string of the molecule is Cn1cc(C(=O)NCc2ccc3c(c2)OCO3)nn1. The molecule has 3 rings (SSSR count). The third kappa shape index (κ3) is 2.35. The maximum atomic E-state index is 11.8. The van der Waals surface area contributed by atoms with Crippen molar-refractivity contribution in [2.75, 3.05) is 6.79 Å². The Morgan fingerprint density at radius 3 is 3.05 bits per heavy atom. The first-order chi connectivity index (χ1) is 9.22. The molecule has 0 saturated carbocycles. The molecule has 0 radical (unpaired) electrons. The van der Waals surface area contributed by atoms with Crippen molar-refractivity contribution in [3.8, 4) is 11.5 Å². The minimum Gasteiger partial charge on any atom is -0.454 e. The molecule has 1 aliphatic rings. The standard InChI is InChI=1S/C12H12N4O3/c1-16-6-9(14-15-16)12(17)13-5-8-2-3-10-11(4-8)19-7-18-10/h2-4,6H,5,7H2,1H3,(H,13,17). The predicted molar refractivity (Wildman–Crippen MR) is 64.7 cm³/mol. The van der Waals surface area contributed by atoms with Gasteiger partial charge in [-0.1, -0.05) is 11.3 Å². The summed E-state index contributed by atoms with van der Waals surface area (Å²) in [6.45, 7) is 0.636. The fourth-order valence-corrected chi connectivity index (χ4v) is 1.78. The molecule has 7 heteroatoms. The molecule has 0 unspecified atom stereocenters. The number of rotatable bonds is 3. The summed E-state index contributed by atoms with van der Waals surface area (Å²) in [4.78, 5) is 11.8. The molecule has 1 aromatic carbocycles. The zero-order valence-electron chi connectivity index (χ0n) is 10.3. The molecule has 1 amide bonds. The van der Waals surface area contributed by atoms with Gasteiger partial charge in [-0.3, -0.25) is 9.48 Å². The van der Waals surface area contributed by atoms with Crippen molar-refractivity contribution < 1.29 is 14.3 Å². The normalized spacial score (nSPS) is 12.5. The van der Waals surface area contributed by atoms with Gasteiger partial charge >= 0.3 is 0 Å². The van der Waals surface area contributed by atoms with Crippen LogP contribution in [0.5, 0.6) is 11.5 Å². The molecule has 0 aliphatic carbocycles. The Bertz CT molecular complexity index is 623. The molecule has 98 valence electrons. The van der Waals surface area contributed by atoms with Gasteiger partial charge in [-0.25, -0.2) is 0 Å². The van der Waals surface area contributed by atoms with E-state index in [0.29, 0.717) is 18.0 Å². The van der Waals surface area contributed by atoms with Gasteiger partial charge in [0, 0.05) is 13.6 Å². The van der Waals surface area contributed by atoms with E-state index in [9.17, 15) is 4.79 Å². The summed E-state index contributed by atoms with van der Waals surface area (Å²) in [6, 6.07) is 5.55. The summed E-state index contributed by atoms with van der Waals surface area (Å²) in [7, 11) is 1.71. The Hall–Kier alpha value is -2.57. The van der Waals surface area contributed by atoms with E-state index in [4.69, 9.17) is 9.47 Å². The minimum atomic E-state index is -0.259. The second-order valence-corrected chi connectivity index (χ2v) is 4.15. The van der Waals surface area contributed by atoms with Gasteiger partial charge in [0.15, 0.2) is 17.2 Å². The molecular formula is C12H12N4O3. The van der Waals surface area contributed by atoms with Crippen LogP contribution in [0, 0.1) is 0 Å². The smallest absolute Gasteiger partial charge is 0.273 e. The topological polar surface area (TPSA) is 78.3 Å². The summed E-state index contributed by atoms with van der Waals surface area (Å²) < 4.78 is 12.0. The van der Waals surface area contributed by atoms with Crippen LogP contribution in [0.15, 0.2) is 24.4 Å². The zero-order chi connectivity index (χ0) is 13.2. The molecule has 1 aliphatic heterocycles. The predicted octanol–water partition coefficient (Wildman–Crippen LogP) is 0.474. The van der Waals surface area contributed by atoms with Crippen molar-refractivity contribution in [3.63, 3.8) is 0 Å². The number of nitrogens with one attached hydrogen (secondary N) is 1. The van der Waals surface area contributed by atoms with E-state index < -0.39 is 0 Å². The molecule has 7 nitrogen and oxygen atoms in total. The van der Waals surface area contributed by atoms with Crippen molar-refractivity contribution in [2.45, 2.75) is 6.54 Å². The van der Waals surface area contributed by atoms with E-state index in [1.54, 1.807) is 13.2 Å². The second kappa shape index (κ2) is 4.60. The highest BCUT2D eigenvalue weighted by molar-refractivity contribution is 5.91. The van der Waals surface area contributed by atoms with Crippen LogP contribution in [-0.4, -0.2) is 27.7 Å². The van der Waals surface area contributed by atoms with Crippen LogP contribution in [-0.2, 0) is 13.6 Å². The number of carbonyl (C=O) groups is 1. The van der Waals surface area contributed by atoms with Gasteiger partial charge in [-0.2, -0.15) is 0 Å². The third-order valence-corrected chi connectivity index (χ3v) is 2.73. The van der Waals surface area contributed by atoms with E-state index in [0.717, 1.165) is 11.3 Å². The molecule has 0 bridgehead atoms. The minimum absolute atomic E-state index is 0.241. The van der Waals surface area contributed by atoms with E-state index in [1.807, 2.05) is 18.2 Å². The lowest BCUT2D eigenvalue weighted by molar-refractivity contribution is 0.0945. The maximum Gasteiger partial charge on any atom is 0.273 e. The fourth-order valence-electron chi connectivity index (χ4n) is 1.78. The summed E-state index contributed by atoms with van der Waals surface area (Å²) in [5.41, 5.74) is 1.23. The van der Waals surface area contributed by atoms with Gasteiger partial charge in [-0.05, 0) is 17.7 Å². The molecule has 0 atom stereocenters. The number of ether oxygens (including phenoxy) is 2. The number of amides is 1. The van der Waals surface area contributed by atoms with Crippen molar-refractivity contribution >= 4 is 5.91 Å². The van der Waals surface area contributed by atoms with Gasteiger partial charge in [0.05, 0.1) is 6.20 Å². The molecule has 19 heavy (non-hydrogen) atoms. The number of aromatic nitrogens is 3. The van der Waals surface area contributed by atoms with Gasteiger partial charge < -0.3 is 14.8 Å². The van der Waals surface area contributed by atoms with Gasteiger partial charge in [0.2, 0.25) is 6.79 Å². The number of benzene rings is 1. The van der Waals surface area contributed by atoms with Crippen LogP contribution in [0.4, 0.5) is 0 Å². The lowest BCUT2D eigenvalue weighted by Crippen LogP contribution is -2.23. The summed E-state index contributed by atoms with van der Waals surface area (Å²) in [5.74, 6) is 1.17. The summed E-state index contributed by atoms with van der Waals surface area (Å²) >= 11 is 0. The van der Waals surface area contributed by atoms with Crippen LogP contribution in [0.1, 0.15) is 16.1 Å². The molecular weight excluding hydrogens is 248 g/mol. The van der Waals surface area contributed by atoms with Crippen molar-refractivity contribution in [3.05, 3.63) is 35.7 Å². The maximum absolute atomic E-state index is 11.8. The van der Waals surface area contributed by atoms with Crippen molar-refractivity contribution in [1.29, 1.82) is 0 Å². The van der Waals surface area contributed by atoms with Crippen LogP contribution in [0.2, 0.25) is 0 Å². The van der Waals surface area contributed by atoms with Crippen LogP contribution in [0.3, 0.4) is 0 Å². The van der Waals surface area contributed by atoms with E-state index in [2.05, 4.69) is 15.6 Å². The van der Waals surface area contributed by atoms with Crippen LogP contribution in [0.25, 0.3) is 0 Å².